The number of carbonyl (C=O) groups is 1. The molecule has 8 nitrogen and oxygen atoms in total. The molecule has 6 atom stereocenters. The van der Waals surface area contributed by atoms with Gasteiger partial charge in [0.05, 0.1) is 29.8 Å². The van der Waals surface area contributed by atoms with E-state index in [2.05, 4.69) is 21.8 Å². The minimum absolute atomic E-state index is 0.0697. The molecule has 0 radical (unpaired) electrons. The molecule has 2 N–H and O–H groups in total. The molecule has 2 aromatic rings. The van der Waals surface area contributed by atoms with Crippen LogP contribution in [0.1, 0.15) is 60.5 Å². The van der Waals surface area contributed by atoms with E-state index in [1.165, 1.54) is 18.2 Å². The van der Waals surface area contributed by atoms with Crippen molar-refractivity contribution in [1.82, 2.24) is 4.72 Å². The van der Waals surface area contributed by atoms with Gasteiger partial charge in [-0.3, -0.25) is 4.79 Å². The molecule has 0 saturated heterocycles. The summed E-state index contributed by atoms with van der Waals surface area (Å²) in [7, 11) is -2.47. The second-order valence-electron chi connectivity index (χ2n) is 12.5. The first-order valence-electron chi connectivity index (χ1n) is 14.8. The molecular weight excluding hydrogens is 576 g/mol. The van der Waals surface area contributed by atoms with Crippen LogP contribution in [0.15, 0.2) is 48.6 Å². The van der Waals surface area contributed by atoms with Gasteiger partial charge >= 0.3 is 0 Å². The first-order valence-corrected chi connectivity index (χ1v) is 16.8. The molecule has 0 aromatic heterocycles. The molecule has 2 aromatic carbocycles. The van der Waals surface area contributed by atoms with Gasteiger partial charge in [0.2, 0.25) is 10.0 Å². The van der Waals surface area contributed by atoms with E-state index in [1.807, 2.05) is 6.07 Å². The number of aliphatic hydroxyl groups excluding tert-OH is 1. The monoisotopic (exact) mass is 614 g/mol. The molecule has 4 aliphatic rings. The number of rotatable bonds is 1. The molecule has 42 heavy (non-hydrogen) atoms. The largest absolute Gasteiger partial charge is 0.490 e. The third-order valence-electron chi connectivity index (χ3n) is 9.82. The molecule has 2 heterocycles. The summed E-state index contributed by atoms with van der Waals surface area (Å²) in [5, 5.41) is 11.0. The standard InChI is InChI=1S/C32H39ClN2O6S/c1-20-14-25(40-2)8-11-29(36)26-9-5-23(26)17-35-18-32(13-3-4-21-15-24(33)7-10-27(21)32)19-41-30-12-6-22(16-28(30)35)31(37)34-42(20,38)39/h6-8,10-12,15-16,20,23,25-26,29,36H,3-5,9,13-14,17-19H2,1-2H3,(H,34,37)/b11-8+/t20-,23+,25+,26-,29+,32+/m1/s1. The maximum absolute atomic E-state index is 13.3. The predicted octanol–water partition coefficient (Wildman–Crippen LogP) is 4.62. The van der Waals surface area contributed by atoms with Gasteiger partial charge in [0.25, 0.3) is 5.91 Å². The number of anilines is 1. The van der Waals surface area contributed by atoms with E-state index in [1.54, 1.807) is 37.3 Å². The van der Waals surface area contributed by atoms with Gasteiger partial charge in [-0.1, -0.05) is 29.8 Å². The SMILES string of the molecule is CO[C@H]1/C=C/[C@H](O)[C@@H]2CC[C@H]2CN2C[C@@]3(CCCc4cc(Cl)ccc43)COc3ccc(cc32)C(=O)NS(=O)(=O)[C@H](C)C1. The van der Waals surface area contributed by atoms with Gasteiger partial charge in [-0.2, -0.15) is 0 Å². The molecule has 1 spiro atoms. The molecule has 1 amide bonds. The van der Waals surface area contributed by atoms with Crippen molar-refractivity contribution in [2.24, 2.45) is 11.8 Å². The maximum Gasteiger partial charge on any atom is 0.264 e. The van der Waals surface area contributed by atoms with Crippen LogP contribution < -0.4 is 14.4 Å². The van der Waals surface area contributed by atoms with E-state index in [9.17, 15) is 18.3 Å². The number of aryl methyl sites for hydroxylation is 1. The number of benzene rings is 2. The van der Waals surface area contributed by atoms with E-state index in [0.29, 0.717) is 25.4 Å². The molecule has 2 bridgehead atoms. The Hall–Kier alpha value is -2.59. The lowest BCUT2D eigenvalue weighted by Crippen LogP contribution is -2.49. The number of fused-ring (bicyclic) bond motifs is 4. The topological polar surface area (TPSA) is 105 Å². The lowest BCUT2D eigenvalue weighted by molar-refractivity contribution is 0.0444. The average Bonchev–Trinajstić information content (AvgIpc) is 3.09. The summed E-state index contributed by atoms with van der Waals surface area (Å²) in [5.41, 5.74) is 3.24. The van der Waals surface area contributed by atoms with Crippen LogP contribution in [-0.4, -0.2) is 63.7 Å². The molecule has 226 valence electrons. The highest BCUT2D eigenvalue weighted by molar-refractivity contribution is 7.90. The van der Waals surface area contributed by atoms with Crippen molar-refractivity contribution >= 4 is 33.2 Å². The first-order chi connectivity index (χ1) is 20.1. The van der Waals surface area contributed by atoms with Crippen LogP contribution in [0.25, 0.3) is 0 Å². The summed E-state index contributed by atoms with van der Waals surface area (Å²) in [4.78, 5) is 15.6. The smallest absolute Gasteiger partial charge is 0.264 e. The van der Waals surface area contributed by atoms with E-state index in [-0.39, 0.29) is 29.2 Å². The number of hydrogen-bond acceptors (Lipinski definition) is 7. The second-order valence-corrected chi connectivity index (χ2v) is 15.0. The summed E-state index contributed by atoms with van der Waals surface area (Å²) in [6, 6.07) is 11.3. The van der Waals surface area contributed by atoms with Crippen molar-refractivity contribution in [2.75, 3.05) is 31.7 Å². The minimum atomic E-state index is -3.98. The summed E-state index contributed by atoms with van der Waals surface area (Å²) >= 11 is 6.38. The summed E-state index contributed by atoms with van der Waals surface area (Å²) in [5.74, 6) is 0.308. The van der Waals surface area contributed by atoms with Gasteiger partial charge in [0.15, 0.2) is 0 Å². The van der Waals surface area contributed by atoms with Crippen molar-refractivity contribution in [1.29, 1.82) is 0 Å². The van der Waals surface area contributed by atoms with Crippen LogP contribution in [0.3, 0.4) is 0 Å². The van der Waals surface area contributed by atoms with Gasteiger partial charge < -0.3 is 19.5 Å². The van der Waals surface area contributed by atoms with Crippen molar-refractivity contribution in [2.45, 2.75) is 68.3 Å². The van der Waals surface area contributed by atoms with Gasteiger partial charge in [-0.15, -0.1) is 0 Å². The van der Waals surface area contributed by atoms with E-state index in [4.69, 9.17) is 21.1 Å². The molecular formula is C32H39ClN2O6S. The number of halogens is 1. The Kier molecular flexibility index (Phi) is 8.06. The third-order valence-corrected chi connectivity index (χ3v) is 11.8. The number of nitrogens with zero attached hydrogens (tertiary/aromatic N) is 1. The zero-order valence-electron chi connectivity index (χ0n) is 24.1. The third kappa shape index (κ3) is 5.56. The Labute approximate surface area is 253 Å². The molecule has 2 aliphatic heterocycles. The molecule has 0 unspecified atom stereocenters. The molecule has 1 saturated carbocycles. The van der Waals surface area contributed by atoms with Crippen molar-refractivity contribution in [3.05, 3.63) is 70.3 Å². The van der Waals surface area contributed by atoms with Crippen LogP contribution in [0.5, 0.6) is 5.75 Å². The highest BCUT2D eigenvalue weighted by Gasteiger charge is 2.44. The number of methoxy groups -OCH3 is 1. The highest BCUT2D eigenvalue weighted by atomic mass is 35.5. The summed E-state index contributed by atoms with van der Waals surface area (Å²) < 4.78 is 40.5. The van der Waals surface area contributed by atoms with E-state index in [0.717, 1.165) is 42.8 Å². The number of ether oxygens (including phenoxy) is 2. The van der Waals surface area contributed by atoms with Crippen LogP contribution >= 0.6 is 11.6 Å². The van der Waals surface area contributed by atoms with Crippen LogP contribution in [0.4, 0.5) is 5.69 Å². The van der Waals surface area contributed by atoms with E-state index >= 15 is 0 Å². The molecule has 6 rings (SSSR count). The van der Waals surface area contributed by atoms with Gasteiger partial charge in [0, 0.05) is 36.2 Å². The Balaban J connectivity index is 1.42. The number of hydrogen-bond donors (Lipinski definition) is 2. The Morgan fingerprint density at radius 3 is 2.76 bits per heavy atom. The lowest BCUT2D eigenvalue weighted by Gasteiger charge is -2.45. The highest BCUT2D eigenvalue weighted by Crippen LogP contribution is 2.46. The Morgan fingerprint density at radius 1 is 1.17 bits per heavy atom. The Morgan fingerprint density at radius 2 is 2.00 bits per heavy atom. The summed E-state index contributed by atoms with van der Waals surface area (Å²) in [6.45, 7) is 3.40. The number of aliphatic hydroxyl groups is 1. The minimum Gasteiger partial charge on any atom is -0.490 e. The van der Waals surface area contributed by atoms with Crippen LogP contribution in [-0.2, 0) is 26.6 Å². The average molecular weight is 615 g/mol. The number of nitrogens with one attached hydrogen (secondary N) is 1. The molecule has 1 fully saturated rings. The van der Waals surface area contributed by atoms with Gasteiger partial charge in [-0.05, 0) is 98.7 Å². The molecule has 2 aliphatic carbocycles. The van der Waals surface area contributed by atoms with Crippen molar-refractivity contribution in [3.63, 3.8) is 0 Å². The predicted molar refractivity (Wildman–Crippen MR) is 163 cm³/mol. The quantitative estimate of drug-likeness (QED) is 0.452. The fraction of sp³-hybridized carbons (Fsp3) is 0.531. The first kappa shape index (κ1) is 29.5. The fourth-order valence-electron chi connectivity index (χ4n) is 7.19. The molecule has 10 heteroatoms. The normalized spacial score (nSPS) is 33.3. The van der Waals surface area contributed by atoms with Crippen molar-refractivity contribution in [3.8, 4) is 5.75 Å². The van der Waals surface area contributed by atoms with Gasteiger partial charge in [0.1, 0.15) is 5.75 Å². The van der Waals surface area contributed by atoms with Crippen LogP contribution in [0, 0.1) is 11.8 Å². The zero-order chi connectivity index (χ0) is 29.6. The summed E-state index contributed by atoms with van der Waals surface area (Å²) in [6.07, 6.45) is 7.30. The second kappa shape index (κ2) is 11.5. The van der Waals surface area contributed by atoms with Crippen molar-refractivity contribution < 1.29 is 27.8 Å². The number of amides is 1. The zero-order valence-corrected chi connectivity index (χ0v) is 25.7. The maximum atomic E-state index is 13.3. The van der Waals surface area contributed by atoms with Gasteiger partial charge in [-0.25, -0.2) is 13.1 Å². The van der Waals surface area contributed by atoms with E-state index < -0.39 is 33.4 Å². The Bertz CT molecular complexity index is 1500. The fourth-order valence-corrected chi connectivity index (χ4v) is 8.40. The number of carbonyl (C=O) groups excluding carboxylic acids is 1. The van der Waals surface area contributed by atoms with Crippen LogP contribution in [0.2, 0.25) is 5.02 Å². The lowest BCUT2D eigenvalue weighted by atomic mass is 9.68. The number of sulfonamides is 1.